The lowest BCUT2D eigenvalue weighted by Crippen LogP contribution is -2.09. The highest BCUT2D eigenvalue weighted by Gasteiger charge is 2.15. The Morgan fingerprint density at radius 3 is 2.24 bits per heavy atom. The Bertz CT molecular complexity index is 679. The van der Waals surface area contributed by atoms with Crippen molar-refractivity contribution in [3.63, 3.8) is 0 Å². The van der Waals surface area contributed by atoms with Crippen molar-refractivity contribution in [3.05, 3.63) is 63.7 Å². The van der Waals surface area contributed by atoms with Gasteiger partial charge in [0.25, 0.3) is 5.69 Å². The maximum Gasteiger partial charge on any atom is 0.343 e. The van der Waals surface area contributed by atoms with Crippen LogP contribution in [0.25, 0.3) is 0 Å². The summed E-state index contributed by atoms with van der Waals surface area (Å²) in [7, 11) is 1.54. The molecule has 0 radical (unpaired) electrons. The van der Waals surface area contributed by atoms with Crippen LogP contribution in [0.4, 0.5) is 5.69 Å². The van der Waals surface area contributed by atoms with Crippen LogP contribution >= 0.6 is 0 Å². The molecule has 2 rings (SSSR count). The van der Waals surface area contributed by atoms with Gasteiger partial charge in [-0.3, -0.25) is 10.1 Å². The van der Waals surface area contributed by atoms with Crippen LogP contribution in [0.5, 0.6) is 11.5 Å². The van der Waals surface area contributed by atoms with Crippen molar-refractivity contribution in [1.29, 1.82) is 0 Å². The number of nitrogens with zero attached hydrogens (tertiary/aromatic N) is 1. The molecule has 0 N–H and O–H groups in total. The zero-order valence-electron chi connectivity index (χ0n) is 11.5. The zero-order chi connectivity index (χ0) is 15.4. The molecule has 108 valence electrons. The van der Waals surface area contributed by atoms with Crippen LogP contribution in [-0.2, 0) is 0 Å². The normalized spacial score (nSPS) is 10.0. The summed E-state index contributed by atoms with van der Waals surface area (Å²) in [6, 6.07) is 10.7. The van der Waals surface area contributed by atoms with Gasteiger partial charge in [-0.05, 0) is 43.3 Å². The van der Waals surface area contributed by atoms with Crippen LogP contribution in [0.2, 0.25) is 0 Å². The number of methoxy groups -OCH3 is 1. The SMILES string of the molecule is COc1ccc(OC(=O)c2ccc([N+](=O)[O-])c(C)c2)cc1. The molecule has 0 amide bonds. The van der Waals surface area contributed by atoms with E-state index in [1.807, 2.05) is 0 Å². The largest absolute Gasteiger partial charge is 0.497 e. The molecule has 0 aliphatic carbocycles. The quantitative estimate of drug-likeness (QED) is 0.373. The van der Waals surface area contributed by atoms with Crippen molar-refractivity contribution in [2.75, 3.05) is 7.11 Å². The van der Waals surface area contributed by atoms with Gasteiger partial charge in [0.05, 0.1) is 17.6 Å². The Morgan fingerprint density at radius 1 is 1.10 bits per heavy atom. The van der Waals surface area contributed by atoms with Gasteiger partial charge in [-0.25, -0.2) is 4.79 Å². The van der Waals surface area contributed by atoms with E-state index in [4.69, 9.17) is 9.47 Å². The molecule has 0 aliphatic rings. The van der Waals surface area contributed by atoms with Crippen molar-refractivity contribution in [2.45, 2.75) is 6.92 Å². The maximum absolute atomic E-state index is 12.0. The van der Waals surface area contributed by atoms with E-state index in [0.29, 0.717) is 17.1 Å². The van der Waals surface area contributed by atoms with Crippen LogP contribution in [0.1, 0.15) is 15.9 Å². The second-order valence-electron chi connectivity index (χ2n) is 4.32. The van der Waals surface area contributed by atoms with Gasteiger partial charge in [0.15, 0.2) is 0 Å². The Hall–Kier alpha value is -2.89. The summed E-state index contributed by atoms with van der Waals surface area (Å²) in [5.74, 6) is 0.455. The molecule has 0 aliphatic heterocycles. The average molecular weight is 287 g/mol. The molecule has 0 atom stereocenters. The molecule has 6 heteroatoms. The fourth-order valence-corrected chi connectivity index (χ4v) is 1.80. The molecule has 0 fully saturated rings. The minimum absolute atomic E-state index is 0.0315. The number of carbonyl (C=O) groups excluding carboxylic acids is 1. The fourth-order valence-electron chi connectivity index (χ4n) is 1.80. The highest BCUT2D eigenvalue weighted by molar-refractivity contribution is 5.91. The molecular weight excluding hydrogens is 274 g/mol. The number of hydrogen-bond acceptors (Lipinski definition) is 5. The molecule has 0 saturated heterocycles. The summed E-state index contributed by atoms with van der Waals surface area (Å²) in [4.78, 5) is 22.2. The standard InChI is InChI=1S/C15H13NO5/c1-10-9-11(3-8-14(10)16(18)19)15(17)21-13-6-4-12(20-2)5-7-13/h3-9H,1-2H3. The summed E-state index contributed by atoms with van der Waals surface area (Å²) < 4.78 is 10.2. The molecule has 0 aromatic heterocycles. The molecule has 6 nitrogen and oxygen atoms in total. The van der Waals surface area contributed by atoms with Crippen LogP contribution in [-0.4, -0.2) is 18.0 Å². The average Bonchev–Trinajstić information content (AvgIpc) is 2.47. The minimum Gasteiger partial charge on any atom is -0.497 e. The van der Waals surface area contributed by atoms with Crippen LogP contribution < -0.4 is 9.47 Å². The van der Waals surface area contributed by atoms with Gasteiger partial charge >= 0.3 is 5.97 Å². The van der Waals surface area contributed by atoms with Gasteiger partial charge in [0.2, 0.25) is 0 Å². The number of hydrogen-bond donors (Lipinski definition) is 0. The van der Waals surface area contributed by atoms with E-state index in [1.54, 1.807) is 38.3 Å². The number of rotatable bonds is 4. The van der Waals surface area contributed by atoms with E-state index in [2.05, 4.69) is 0 Å². The molecule has 2 aromatic rings. The van der Waals surface area contributed by atoms with Crippen LogP contribution in [0.15, 0.2) is 42.5 Å². The van der Waals surface area contributed by atoms with Gasteiger partial charge in [-0.15, -0.1) is 0 Å². The molecule has 21 heavy (non-hydrogen) atoms. The fraction of sp³-hybridized carbons (Fsp3) is 0.133. The highest BCUT2D eigenvalue weighted by Crippen LogP contribution is 2.21. The van der Waals surface area contributed by atoms with Gasteiger partial charge in [0, 0.05) is 11.6 Å². The first-order valence-electron chi connectivity index (χ1n) is 6.12. The summed E-state index contributed by atoms with van der Waals surface area (Å²) in [6.45, 7) is 1.57. The van der Waals surface area contributed by atoms with Gasteiger partial charge < -0.3 is 9.47 Å². The second kappa shape index (κ2) is 6.04. The van der Waals surface area contributed by atoms with E-state index in [9.17, 15) is 14.9 Å². The number of nitro benzene ring substituents is 1. The highest BCUT2D eigenvalue weighted by atomic mass is 16.6. The third-order valence-corrected chi connectivity index (χ3v) is 2.90. The first-order chi connectivity index (χ1) is 10.0. The topological polar surface area (TPSA) is 78.7 Å². The number of ether oxygens (including phenoxy) is 2. The van der Waals surface area contributed by atoms with E-state index in [0.717, 1.165) is 0 Å². The van der Waals surface area contributed by atoms with Crippen LogP contribution in [0.3, 0.4) is 0 Å². The number of esters is 1. The first-order valence-corrected chi connectivity index (χ1v) is 6.12. The lowest BCUT2D eigenvalue weighted by atomic mass is 10.1. The van der Waals surface area contributed by atoms with E-state index in [-0.39, 0.29) is 11.3 Å². The molecular formula is C15H13NO5. The van der Waals surface area contributed by atoms with Gasteiger partial charge in [0.1, 0.15) is 11.5 Å². The molecule has 0 bridgehead atoms. The predicted molar refractivity (Wildman–Crippen MR) is 75.8 cm³/mol. The van der Waals surface area contributed by atoms with E-state index < -0.39 is 10.9 Å². The molecule has 0 unspecified atom stereocenters. The molecule has 2 aromatic carbocycles. The molecule has 0 saturated carbocycles. The molecule has 0 spiro atoms. The maximum atomic E-state index is 12.0. The summed E-state index contributed by atoms with van der Waals surface area (Å²) in [6.07, 6.45) is 0. The number of nitro groups is 1. The Morgan fingerprint density at radius 2 is 1.71 bits per heavy atom. The first kappa shape index (κ1) is 14.5. The Balaban J connectivity index is 2.16. The van der Waals surface area contributed by atoms with Gasteiger partial charge in [-0.1, -0.05) is 0 Å². The van der Waals surface area contributed by atoms with Crippen molar-refractivity contribution in [2.24, 2.45) is 0 Å². The summed E-state index contributed by atoms with van der Waals surface area (Å²) >= 11 is 0. The monoisotopic (exact) mass is 287 g/mol. The van der Waals surface area contributed by atoms with Crippen LogP contribution in [0, 0.1) is 17.0 Å². The lowest BCUT2D eigenvalue weighted by Gasteiger charge is -2.06. The molecule has 0 heterocycles. The smallest absolute Gasteiger partial charge is 0.343 e. The van der Waals surface area contributed by atoms with Crippen molar-refractivity contribution < 1.29 is 19.2 Å². The van der Waals surface area contributed by atoms with Crippen molar-refractivity contribution in [3.8, 4) is 11.5 Å². The number of carbonyl (C=O) groups is 1. The predicted octanol–water partition coefficient (Wildman–Crippen LogP) is 3.13. The van der Waals surface area contributed by atoms with E-state index >= 15 is 0 Å². The summed E-state index contributed by atoms with van der Waals surface area (Å²) in [5.41, 5.74) is 0.633. The number of aryl methyl sites for hydroxylation is 1. The van der Waals surface area contributed by atoms with Crippen molar-refractivity contribution >= 4 is 11.7 Å². The Kier molecular flexibility index (Phi) is 4.18. The number of benzene rings is 2. The van der Waals surface area contributed by atoms with Crippen molar-refractivity contribution in [1.82, 2.24) is 0 Å². The second-order valence-corrected chi connectivity index (χ2v) is 4.32. The van der Waals surface area contributed by atoms with Gasteiger partial charge in [-0.2, -0.15) is 0 Å². The Labute approximate surface area is 121 Å². The minimum atomic E-state index is -0.571. The third-order valence-electron chi connectivity index (χ3n) is 2.90. The zero-order valence-corrected chi connectivity index (χ0v) is 11.5. The summed E-state index contributed by atoms with van der Waals surface area (Å²) in [5, 5.41) is 10.7. The lowest BCUT2D eigenvalue weighted by molar-refractivity contribution is -0.385. The third kappa shape index (κ3) is 3.36. The van der Waals surface area contributed by atoms with E-state index in [1.165, 1.54) is 18.2 Å².